The van der Waals surface area contributed by atoms with Crippen LogP contribution in [0, 0.1) is 17.7 Å². The first-order chi connectivity index (χ1) is 11.4. The third kappa shape index (κ3) is 5.20. The third-order valence-corrected chi connectivity index (χ3v) is 4.99. The minimum Gasteiger partial charge on any atom is -0.393 e. The van der Waals surface area contributed by atoms with Crippen LogP contribution in [0.15, 0.2) is 24.3 Å². The molecule has 5 heteroatoms. The summed E-state index contributed by atoms with van der Waals surface area (Å²) in [6.45, 7) is 7.34. The molecule has 2 unspecified atom stereocenters. The van der Waals surface area contributed by atoms with Gasteiger partial charge in [-0.3, -0.25) is 0 Å². The highest BCUT2D eigenvalue weighted by atomic mass is 19.1. The van der Waals surface area contributed by atoms with Crippen LogP contribution < -0.4 is 5.32 Å². The summed E-state index contributed by atoms with van der Waals surface area (Å²) in [6.07, 6.45) is 2.07. The molecular formula is C19H29FN2O2. The highest BCUT2D eigenvalue weighted by Gasteiger charge is 2.27. The number of carbonyl (C=O) groups excluding carboxylic acids is 1. The first kappa shape index (κ1) is 18.7. The summed E-state index contributed by atoms with van der Waals surface area (Å²) in [5.41, 5.74) is 1.02. The average molecular weight is 336 g/mol. The number of aliphatic hydroxyl groups is 1. The monoisotopic (exact) mass is 336 g/mol. The van der Waals surface area contributed by atoms with Gasteiger partial charge in [-0.15, -0.1) is 0 Å². The lowest BCUT2D eigenvalue weighted by molar-refractivity contribution is 0.0789. The van der Waals surface area contributed by atoms with Crippen LogP contribution in [-0.4, -0.2) is 41.3 Å². The molecule has 0 aromatic heterocycles. The van der Waals surface area contributed by atoms with Gasteiger partial charge in [0.1, 0.15) is 5.82 Å². The van der Waals surface area contributed by atoms with Crippen molar-refractivity contribution in [2.24, 2.45) is 11.8 Å². The van der Waals surface area contributed by atoms with Gasteiger partial charge in [-0.1, -0.05) is 26.0 Å². The number of halogens is 1. The second-order valence-corrected chi connectivity index (χ2v) is 7.20. The van der Waals surface area contributed by atoms with Gasteiger partial charge in [-0.25, -0.2) is 9.18 Å². The zero-order valence-corrected chi connectivity index (χ0v) is 14.8. The predicted octanol–water partition coefficient (Wildman–Crippen LogP) is 3.20. The zero-order valence-electron chi connectivity index (χ0n) is 14.8. The van der Waals surface area contributed by atoms with Crippen molar-refractivity contribution in [3.8, 4) is 0 Å². The number of benzene rings is 1. The van der Waals surface area contributed by atoms with E-state index in [9.17, 15) is 14.3 Å². The topological polar surface area (TPSA) is 52.6 Å². The largest absolute Gasteiger partial charge is 0.393 e. The van der Waals surface area contributed by atoms with Crippen LogP contribution in [0.3, 0.4) is 0 Å². The predicted molar refractivity (Wildman–Crippen MR) is 93.2 cm³/mol. The van der Waals surface area contributed by atoms with Gasteiger partial charge in [-0.05, 0) is 55.7 Å². The Kier molecular flexibility index (Phi) is 6.60. The molecule has 2 atom stereocenters. The van der Waals surface area contributed by atoms with Gasteiger partial charge >= 0.3 is 6.03 Å². The molecule has 1 aromatic carbocycles. The summed E-state index contributed by atoms with van der Waals surface area (Å²) < 4.78 is 13.0. The van der Waals surface area contributed by atoms with Gasteiger partial charge in [0.25, 0.3) is 0 Å². The highest BCUT2D eigenvalue weighted by molar-refractivity contribution is 5.74. The molecule has 1 aliphatic rings. The van der Waals surface area contributed by atoms with Gasteiger partial charge in [0.2, 0.25) is 0 Å². The van der Waals surface area contributed by atoms with Crippen LogP contribution in [-0.2, 0) is 6.42 Å². The van der Waals surface area contributed by atoms with Crippen LogP contribution in [0.25, 0.3) is 0 Å². The van der Waals surface area contributed by atoms with E-state index >= 15 is 0 Å². The molecule has 2 amide bonds. The van der Waals surface area contributed by atoms with Crippen molar-refractivity contribution in [2.45, 2.75) is 52.2 Å². The molecule has 0 saturated carbocycles. The van der Waals surface area contributed by atoms with Crippen LogP contribution in [0.4, 0.5) is 9.18 Å². The molecule has 1 fully saturated rings. The first-order valence-corrected chi connectivity index (χ1v) is 8.84. The van der Waals surface area contributed by atoms with Crippen molar-refractivity contribution < 1.29 is 14.3 Å². The Hall–Kier alpha value is -1.62. The summed E-state index contributed by atoms with van der Waals surface area (Å²) in [7, 11) is 0. The summed E-state index contributed by atoms with van der Waals surface area (Å²) in [5, 5.41) is 12.8. The summed E-state index contributed by atoms with van der Waals surface area (Å²) in [6, 6.07) is 6.41. The molecular weight excluding hydrogens is 307 g/mol. The molecule has 0 spiro atoms. The first-order valence-electron chi connectivity index (χ1n) is 8.84. The molecule has 0 bridgehead atoms. The maximum absolute atomic E-state index is 13.0. The molecule has 1 aromatic rings. The van der Waals surface area contributed by atoms with Gasteiger partial charge in [0.15, 0.2) is 0 Å². The van der Waals surface area contributed by atoms with Crippen LogP contribution in [0.1, 0.15) is 39.2 Å². The molecule has 2 N–H and O–H groups in total. The number of rotatable bonds is 5. The number of urea groups is 1. The fourth-order valence-electron chi connectivity index (χ4n) is 3.16. The number of hydrogen-bond acceptors (Lipinski definition) is 2. The molecule has 0 radical (unpaired) electrons. The minimum atomic E-state index is -0.308. The Balaban J connectivity index is 1.90. The Bertz CT molecular complexity index is 523. The molecule has 1 aliphatic heterocycles. The van der Waals surface area contributed by atoms with Crippen molar-refractivity contribution in [2.75, 3.05) is 13.1 Å². The molecule has 1 heterocycles. The van der Waals surface area contributed by atoms with Gasteiger partial charge in [0, 0.05) is 19.1 Å². The number of nitrogens with zero attached hydrogens (tertiary/aromatic N) is 1. The van der Waals surface area contributed by atoms with E-state index in [1.54, 1.807) is 12.1 Å². The van der Waals surface area contributed by atoms with Gasteiger partial charge < -0.3 is 15.3 Å². The number of piperidine rings is 1. The molecule has 4 nitrogen and oxygen atoms in total. The number of carbonyl (C=O) groups is 1. The number of hydrogen-bond donors (Lipinski definition) is 2. The molecule has 134 valence electrons. The number of amides is 2. The van der Waals surface area contributed by atoms with Crippen molar-refractivity contribution in [3.63, 3.8) is 0 Å². The number of nitrogens with one attached hydrogen (secondary N) is 1. The Morgan fingerprint density at radius 3 is 2.33 bits per heavy atom. The minimum absolute atomic E-state index is 0.0115. The maximum Gasteiger partial charge on any atom is 0.317 e. The second kappa shape index (κ2) is 8.47. The van der Waals surface area contributed by atoms with E-state index in [2.05, 4.69) is 19.2 Å². The smallest absolute Gasteiger partial charge is 0.317 e. The summed E-state index contributed by atoms with van der Waals surface area (Å²) >= 11 is 0. The van der Waals surface area contributed by atoms with E-state index in [1.807, 2.05) is 11.8 Å². The lowest BCUT2D eigenvalue weighted by Crippen LogP contribution is -2.50. The summed E-state index contributed by atoms with van der Waals surface area (Å²) in [4.78, 5) is 14.4. The fourth-order valence-corrected chi connectivity index (χ4v) is 3.16. The number of likely N-dealkylation sites (tertiary alicyclic amines) is 1. The molecule has 0 aliphatic carbocycles. The fraction of sp³-hybridized carbons (Fsp3) is 0.632. The number of aliphatic hydroxyl groups excluding tert-OH is 1. The summed E-state index contributed by atoms with van der Waals surface area (Å²) in [5.74, 6) is 0.327. The van der Waals surface area contributed by atoms with E-state index < -0.39 is 0 Å². The third-order valence-electron chi connectivity index (χ3n) is 4.99. The quantitative estimate of drug-likeness (QED) is 0.867. The van der Waals surface area contributed by atoms with Crippen molar-refractivity contribution in [3.05, 3.63) is 35.6 Å². The van der Waals surface area contributed by atoms with E-state index in [0.29, 0.717) is 19.5 Å². The molecule has 24 heavy (non-hydrogen) atoms. The zero-order chi connectivity index (χ0) is 17.7. The standard InChI is InChI=1S/C19H29FN2O2/c1-13(2)18(12-15-4-6-17(20)7-5-15)21-19(24)22-10-8-16(9-11-22)14(3)23/h4-7,13-14,16,18,23H,8-12H2,1-3H3,(H,21,24). The average Bonchev–Trinajstić information content (AvgIpc) is 2.56. The molecule has 2 rings (SSSR count). The van der Waals surface area contributed by atoms with E-state index in [-0.39, 0.29) is 35.8 Å². The van der Waals surface area contributed by atoms with Crippen molar-refractivity contribution in [1.82, 2.24) is 10.2 Å². The molecule has 1 saturated heterocycles. The Morgan fingerprint density at radius 1 is 1.25 bits per heavy atom. The van der Waals surface area contributed by atoms with Crippen molar-refractivity contribution >= 4 is 6.03 Å². The van der Waals surface area contributed by atoms with Crippen molar-refractivity contribution in [1.29, 1.82) is 0 Å². The van der Waals surface area contributed by atoms with Crippen LogP contribution >= 0.6 is 0 Å². The van der Waals surface area contributed by atoms with Crippen LogP contribution in [0.2, 0.25) is 0 Å². The van der Waals surface area contributed by atoms with E-state index in [1.165, 1.54) is 12.1 Å². The Morgan fingerprint density at radius 2 is 1.83 bits per heavy atom. The normalized spacial score (nSPS) is 18.5. The second-order valence-electron chi connectivity index (χ2n) is 7.20. The van der Waals surface area contributed by atoms with Gasteiger partial charge in [-0.2, -0.15) is 0 Å². The SMILES string of the molecule is CC(C)C(Cc1ccc(F)cc1)NC(=O)N1CCC(C(C)O)CC1. The highest BCUT2D eigenvalue weighted by Crippen LogP contribution is 2.21. The Labute approximate surface area is 144 Å². The maximum atomic E-state index is 13.0. The van der Waals surface area contributed by atoms with Crippen LogP contribution in [0.5, 0.6) is 0 Å². The van der Waals surface area contributed by atoms with E-state index in [0.717, 1.165) is 18.4 Å². The lowest BCUT2D eigenvalue weighted by atomic mass is 9.92. The van der Waals surface area contributed by atoms with E-state index in [4.69, 9.17) is 0 Å². The lowest BCUT2D eigenvalue weighted by Gasteiger charge is -2.35. The van der Waals surface area contributed by atoms with Gasteiger partial charge in [0.05, 0.1) is 6.10 Å².